The Morgan fingerprint density at radius 1 is 1.11 bits per heavy atom. The molecule has 0 aliphatic heterocycles. The minimum absolute atomic E-state index is 0.623. The smallest absolute Gasteiger partial charge is 0.221 e. The maximum atomic E-state index is 4.32. The molecule has 6 nitrogen and oxygen atoms in total. The fraction of sp³-hybridized carbons (Fsp3) is 0.318. The summed E-state index contributed by atoms with van der Waals surface area (Å²) in [5, 5.41) is 20.1. The Morgan fingerprint density at radius 2 is 1.93 bits per heavy atom. The molecule has 0 amide bonds. The molecule has 0 unspecified atom stereocenters. The van der Waals surface area contributed by atoms with Gasteiger partial charge in [-0.25, -0.2) is 0 Å². The SMILES string of the molecule is Cc1ccc(Cn2c(-c3nn[nH]n3)c(CNC3CCC3)c3ccccc32)cc1. The van der Waals surface area contributed by atoms with Crippen molar-refractivity contribution in [2.75, 3.05) is 0 Å². The number of nitrogens with zero attached hydrogens (tertiary/aromatic N) is 4. The van der Waals surface area contributed by atoms with Crippen molar-refractivity contribution in [3.63, 3.8) is 0 Å². The van der Waals surface area contributed by atoms with Crippen LogP contribution in [-0.4, -0.2) is 31.2 Å². The van der Waals surface area contributed by atoms with Gasteiger partial charge in [0.05, 0.1) is 5.69 Å². The van der Waals surface area contributed by atoms with Crippen LogP contribution in [0.4, 0.5) is 0 Å². The van der Waals surface area contributed by atoms with E-state index >= 15 is 0 Å². The number of aromatic nitrogens is 5. The van der Waals surface area contributed by atoms with Gasteiger partial charge in [-0.15, -0.1) is 10.2 Å². The fourth-order valence-corrected chi connectivity index (χ4v) is 3.97. The number of H-pyrrole nitrogens is 1. The summed E-state index contributed by atoms with van der Waals surface area (Å²) in [7, 11) is 0. The lowest BCUT2D eigenvalue weighted by Crippen LogP contribution is -2.34. The highest BCUT2D eigenvalue weighted by molar-refractivity contribution is 5.90. The molecule has 142 valence electrons. The summed E-state index contributed by atoms with van der Waals surface area (Å²) >= 11 is 0. The monoisotopic (exact) mass is 372 g/mol. The van der Waals surface area contributed by atoms with E-state index in [4.69, 9.17) is 0 Å². The van der Waals surface area contributed by atoms with Crippen molar-refractivity contribution in [3.8, 4) is 11.5 Å². The minimum Gasteiger partial charge on any atom is -0.333 e. The van der Waals surface area contributed by atoms with Crippen molar-refractivity contribution < 1.29 is 0 Å². The summed E-state index contributed by atoms with van der Waals surface area (Å²) in [5.41, 5.74) is 6.02. The number of rotatable bonds is 6. The molecule has 1 fully saturated rings. The lowest BCUT2D eigenvalue weighted by atomic mass is 9.93. The molecular weight excluding hydrogens is 348 g/mol. The molecule has 0 atom stereocenters. The van der Waals surface area contributed by atoms with E-state index in [0.717, 1.165) is 18.8 Å². The van der Waals surface area contributed by atoms with Crippen LogP contribution in [0.15, 0.2) is 48.5 Å². The maximum Gasteiger partial charge on any atom is 0.221 e. The van der Waals surface area contributed by atoms with Crippen molar-refractivity contribution in [1.82, 2.24) is 30.5 Å². The van der Waals surface area contributed by atoms with Gasteiger partial charge in [0.2, 0.25) is 5.82 Å². The van der Waals surface area contributed by atoms with Gasteiger partial charge in [0.25, 0.3) is 0 Å². The molecule has 6 heteroatoms. The van der Waals surface area contributed by atoms with Gasteiger partial charge in [-0.3, -0.25) is 0 Å². The minimum atomic E-state index is 0.623. The Kier molecular flexibility index (Phi) is 4.41. The summed E-state index contributed by atoms with van der Waals surface area (Å²) in [6, 6.07) is 17.9. The third-order valence-corrected chi connectivity index (χ3v) is 5.77. The molecule has 1 aliphatic rings. The predicted octanol–water partition coefficient (Wildman–Crippen LogP) is 3.82. The fourth-order valence-electron chi connectivity index (χ4n) is 3.97. The number of benzene rings is 2. The first kappa shape index (κ1) is 17.1. The molecule has 28 heavy (non-hydrogen) atoms. The van der Waals surface area contributed by atoms with E-state index in [2.05, 4.69) is 86.0 Å². The average Bonchev–Trinajstić information content (AvgIpc) is 3.30. The van der Waals surface area contributed by atoms with Gasteiger partial charge < -0.3 is 9.88 Å². The van der Waals surface area contributed by atoms with Gasteiger partial charge in [-0.2, -0.15) is 5.21 Å². The van der Waals surface area contributed by atoms with Gasteiger partial charge in [0.15, 0.2) is 0 Å². The highest BCUT2D eigenvalue weighted by Gasteiger charge is 2.23. The van der Waals surface area contributed by atoms with E-state index in [9.17, 15) is 0 Å². The summed E-state index contributed by atoms with van der Waals surface area (Å²) in [5.74, 6) is 0.647. The number of hydrogen-bond donors (Lipinski definition) is 2. The highest BCUT2D eigenvalue weighted by Crippen LogP contribution is 2.33. The second-order valence-corrected chi connectivity index (χ2v) is 7.66. The first-order valence-corrected chi connectivity index (χ1v) is 9.92. The molecule has 0 radical (unpaired) electrons. The van der Waals surface area contributed by atoms with Crippen molar-refractivity contribution in [3.05, 3.63) is 65.2 Å². The summed E-state index contributed by atoms with van der Waals surface area (Å²) < 4.78 is 2.32. The van der Waals surface area contributed by atoms with E-state index < -0.39 is 0 Å². The van der Waals surface area contributed by atoms with Gasteiger partial charge >= 0.3 is 0 Å². The molecule has 1 saturated carbocycles. The van der Waals surface area contributed by atoms with Crippen LogP contribution < -0.4 is 5.32 Å². The molecule has 2 aromatic heterocycles. The van der Waals surface area contributed by atoms with Gasteiger partial charge in [-0.1, -0.05) is 54.4 Å². The number of aromatic amines is 1. The van der Waals surface area contributed by atoms with Crippen LogP contribution in [0.2, 0.25) is 0 Å². The van der Waals surface area contributed by atoms with E-state index in [1.165, 1.54) is 46.9 Å². The van der Waals surface area contributed by atoms with Crippen LogP contribution in [-0.2, 0) is 13.1 Å². The van der Waals surface area contributed by atoms with Crippen LogP contribution in [0.5, 0.6) is 0 Å². The van der Waals surface area contributed by atoms with Crippen molar-refractivity contribution in [1.29, 1.82) is 0 Å². The third kappa shape index (κ3) is 3.10. The second kappa shape index (κ2) is 7.20. The number of tetrazole rings is 1. The predicted molar refractivity (Wildman–Crippen MR) is 110 cm³/mol. The van der Waals surface area contributed by atoms with Crippen LogP contribution in [0, 0.1) is 6.92 Å². The quantitative estimate of drug-likeness (QED) is 0.540. The zero-order valence-corrected chi connectivity index (χ0v) is 16.0. The summed E-state index contributed by atoms with van der Waals surface area (Å²) in [6.45, 7) is 3.70. The van der Waals surface area contributed by atoms with Gasteiger partial charge in [0, 0.05) is 35.6 Å². The first-order chi connectivity index (χ1) is 13.8. The second-order valence-electron chi connectivity index (χ2n) is 7.66. The van der Waals surface area contributed by atoms with Crippen molar-refractivity contribution in [2.24, 2.45) is 0 Å². The van der Waals surface area contributed by atoms with Crippen LogP contribution >= 0.6 is 0 Å². The number of hydrogen-bond acceptors (Lipinski definition) is 4. The summed E-state index contributed by atoms with van der Waals surface area (Å²) in [6.07, 6.45) is 3.85. The van der Waals surface area contributed by atoms with Gasteiger partial charge in [-0.05, 0) is 36.6 Å². The van der Waals surface area contributed by atoms with Crippen molar-refractivity contribution >= 4 is 10.9 Å². The number of para-hydroxylation sites is 1. The molecule has 5 rings (SSSR count). The van der Waals surface area contributed by atoms with Crippen LogP contribution in [0.25, 0.3) is 22.4 Å². The molecule has 2 N–H and O–H groups in total. The van der Waals surface area contributed by atoms with Gasteiger partial charge in [0.1, 0.15) is 0 Å². The molecule has 2 aromatic carbocycles. The van der Waals surface area contributed by atoms with E-state index in [0.29, 0.717) is 11.9 Å². The molecule has 1 aliphatic carbocycles. The van der Waals surface area contributed by atoms with Crippen molar-refractivity contribution in [2.45, 2.75) is 45.3 Å². The zero-order valence-electron chi connectivity index (χ0n) is 16.0. The third-order valence-electron chi connectivity index (χ3n) is 5.77. The lowest BCUT2D eigenvalue weighted by molar-refractivity contribution is 0.338. The summed E-state index contributed by atoms with van der Waals surface area (Å²) in [4.78, 5) is 0. The number of nitrogens with one attached hydrogen (secondary N) is 2. The Hall–Kier alpha value is -2.99. The highest BCUT2D eigenvalue weighted by atomic mass is 15.5. The molecule has 0 bridgehead atoms. The normalized spacial score (nSPS) is 14.5. The zero-order chi connectivity index (χ0) is 18.9. The van der Waals surface area contributed by atoms with E-state index in [1.807, 2.05) is 0 Å². The maximum absolute atomic E-state index is 4.32. The molecule has 4 aromatic rings. The topological polar surface area (TPSA) is 71.4 Å². The Morgan fingerprint density at radius 3 is 2.64 bits per heavy atom. The average molecular weight is 372 g/mol. The first-order valence-electron chi connectivity index (χ1n) is 9.92. The lowest BCUT2D eigenvalue weighted by Gasteiger charge is -2.26. The molecule has 0 saturated heterocycles. The largest absolute Gasteiger partial charge is 0.333 e. The molecule has 0 spiro atoms. The molecule has 2 heterocycles. The van der Waals surface area contributed by atoms with Crippen LogP contribution in [0.3, 0.4) is 0 Å². The van der Waals surface area contributed by atoms with E-state index in [-0.39, 0.29) is 0 Å². The Labute approximate surface area is 164 Å². The number of aryl methyl sites for hydroxylation is 1. The number of fused-ring (bicyclic) bond motifs is 1. The Bertz CT molecular complexity index is 1070. The molecular formula is C22H24N6. The Balaban J connectivity index is 1.64. The standard InChI is InChI=1S/C22H24N6/c1-15-9-11-16(12-10-15)14-28-20-8-3-2-7-18(20)19(13-23-17-5-4-6-17)21(28)22-24-26-27-25-22/h2-3,7-12,17,23H,4-6,13-14H2,1H3,(H,24,25,26,27). The van der Waals surface area contributed by atoms with E-state index in [1.54, 1.807) is 0 Å². The van der Waals surface area contributed by atoms with Crippen LogP contribution in [0.1, 0.15) is 36.0 Å².